The molecule has 1 N–H and O–H groups in total. The zero-order valence-corrected chi connectivity index (χ0v) is 13.1. The fourth-order valence-electron chi connectivity index (χ4n) is 2.81. The summed E-state index contributed by atoms with van der Waals surface area (Å²) in [6.07, 6.45) is 7.84. The van der Waals surface area contributed by atoms with Crippen molar-refractivity contribution in [3.63, 3.8) is 0 Å². The van der Waals surface area contributed by atoms with Gasteiger partial charge in [-0.15, -0.1) is 11.8 Å². The Hall–Kier alpha value is -0.470. The quantitative estimate of drug-likeness (QED) is 0.742. The van der Waals surface area contributed by atoms with Crippen LogP contribution in [-0.4, -0.2) is 17.8 Å². The number of hydrogen-bond acceptors (Lipinski definition) is 2. The third-order valence-corrected chi connectivity index (χ3v) is 5.36. The van der Waals surface area contributed by atoms with Gasteiger partial charge in [-0.25, -0.2) is 0 Å². The highest BCUT2D eigenvalue weighted by Gasteiger charge is 2.21. The Morgan fingerprint density at radius 1 is 1.32 bits per heavy atom. The molecule has 0 aromatic heterocycles. The fourth-order valence-corrected chi connectivity index (χ4v) is 4.17. The van der Waals surface area contributed by atoms with E-state index in [1.807, 2.05) is 0 Å². The number of hydrogen-bond donors (Lipinski definition) is 1. The van der Waals surface area contributed by atoms with Gasteiger partial charge in [0.1, 0.15) is 0 Å². The molecule has 2 unspecified atom stereocenters. The van der Waals surface area contributed by atoms with Crippen LogP contribution in [0.4, 0.5) is 0 Å². The zero-order valence-electron chi connectivity index (χ0n) is 12.3. The van der Waals surface area contributed by atoms with Gasteiger partial charge in [0.15, 0.2) is 0 Å². The molecule has 2 heteroatoms. The molecule has 0 saturated heterocycles. The molecule has 106 valence electrons. The predicted molar refractivity (Wildman–Crippen MR) is 86.0 cm³/mol. The van der Waals surface area contributed by atoms with Crippen molar-refractivity contribution in [2.45, 2.75) is 68.6 Å². The van der Waals surface area contributed by atoms with Gasteiger partial charge in [0.05, 0.1) is 0 Å². The molecule has 0 saturated carbocycles. The van der Waals surface area contributed by atoms with Gasteiger partial charge in [0.2, 0.25) is 0 Å². The first-order chi connectivity index (χ1) is 9.33. The molecule has 0 radical (unpaired) electrons. The van der Waals surface area contributed by atoms with Gasteiger partial charge >= 0.3 is 0 Å². The Morgan fingerprint density at radius 3 is 2.89 bits per heavy atom. The van der Waals surface area contributed by atoms with Crippen molar-refractivity contribution in [3.8, 4) is 0 Å². The van der Waals surface area contributed by atoms with Gasteiger partial charge in [-0.3, -0.25) is 0 Å². The van der Waals surface area contributed by atoms with E-state index in [9.17, 15) is 0 Å². The first kappa shape index (κ1) is 14.9. The molecule has 19 heavy (non-hydrogen) atoms. The van der Waals surface area contributed by atoms with Gasteiger partial charge in [-0.05, 0) is 50.3 Å². The average molecular weight is 277 g/mol. The van der Waals surface area contributed by atoms with Crippen LogP contribution in [0.2, 0.25) is 0 Å². The van der Waals surface area contributed by atoms with Crippen LogP contribution < -0.4 is 5.32 Å². The second-order valence-electron chi connectivity index (χ2n) is 5.54. The molecular formula is C17H27NS. The summed E-state index contributed by atoms with van der Waals surface area (Å²) in [5.41, 5.74) is 1.56. The molecule has 0 aliphatic carbocycles. The Kier molecular flexibility index (Phi) is 6.25. The summed E-state index contributed by atoms with van der Waals surface area (Å²) in [4.78, 5) is 1.52. The number of fused-ring (bicyclic) bond motifs is 1. The monoisotopic (exact) mass is 277 g/mol. The highest BCUT2D eigenvalue weighted by Crippen LogP contribution is 2.38. The largest absolute Gasteiger partial charge is 0.314 e. The van der Waals surface area contributed by atoms with Crippen LogP contribution in [0.15, 0.2) is 29.2 Å². The van der Waals surface area contributed by atoms with Crippen LogP contribution in [0.3, 0.4) is 0 Å². The Balaban J connectivity index is 1.67. The Labute approximate surface area is 122 Å². The minimum absolute atomic E-state index is 0.730. The normalized spacial score (nSPS) is 19.4. The second-order valence-corrected chi connectivity index (χ2v) is 6.88. The molecule has 1 aromatic rings. The summed E-state index contributed by atoms with van der Waals surface area (Å²) < 4.78 is 0. The highest BCUT2D eigenvalue weighted by molar-refractivity contribution is 8.00. The first-order valence-electron chi connectivity index (χ1n) is 7.81. The van der Waals surface area contributed by atoms with Crippen molar-refractivity contribution >= 4 is 11.8 Å². The average Bonchev–Trinajstić information content (AvgIpc) is 2.85. The first-order valence-corrected chi connectivity index (χ1v) is 8.69. The minimum atomic E-state index is 0.730. The lowest BCUT2D eigenvalue weighted by Crippen LogP contribution is -2.29. The van der Waals surface area contributed by atoms with Crippen molar-refractivity contribution in [2.75, 3.05) is 6.54 Å². The number of thioether (sulfide) groups is 1. The van der Waals surface area contributed by atoms with Gasteiger partial charge < -0.3 is 5.32 Å². The van der Waals surface area contributed by atoms with Crippen molar-refractivity contribution in [1.82, 2.24) is 5.32 Å². The maximum atomic E-state index is 3.65. The zero-order chi connectivity index (χ0) is 13.5. The van der Waals surface area contributed by atoms with Crippen LogP contribution in [0, 0.1) is 0 Å². The molecule has 1 nitrogen and oxygen atoms in total. The standard InChI is InChI=1S/C17H27NS/c1-3-12-18-15(4-2)9-7-10-16-13-14-8-5-6-11-17(14)19-16/h5-6,8,11,15-16,18H,3-4,7,9-10,12-13H2,1-2H3. The second kappa shape index (κ2) is 7.96. The predicted octanol–water partition coefficient (Wildman–Crippen LogP) is 4.65. The molecular weight excluding hydrogens is 250 g/mol. The van der Waals surface area contributed by atoms with Crippen molar-refractivity contribution in [3.05, 3.63) is 29.8 Å². The van der Waals surface area contributed by atoms with Crippen LogP contribution in [0.25, 0.3) is 0 Å². The van der Waals surface area contributed by atoms with Gasteiger partial charge in [0.25, 0.3) is 0 Å². The summed E-state index contributed by atoms with van der Waals surface area (Å²) in [5.74, 6) is 0. The molecule has 0 fully saturated rings. The van der Waals surface area contributed by atoms with E-state index in [1.54, 1.807) is 5.56 Å². The number of benzene rings is 1. The molecule has 0 amide bonds. The lowest BCUT2D eigenvalue weighted by molar-refractivity contribution is 0.448. The minimum Gasteiger partial charge on any atom is -0.314 e. The smallest absolute Gasteiger partial charge is 0.0135 e. The SMILES string of the molecule is CCCNC(CC)CCCC1Cc2ccccc2S1. The summed E-state index contributed by atoms with van der Waals surface area (Å²) in [6, 6.07) is 9.63. The van der Waals surface area contributed by atoms with E-state index in [4.69, 9.17) is 0 Å². The third kappa shape index (κ3) is 4.54. The molecule has 0 spiro atoms. The van der Waals surface area contributed by atoms with E-state index < -0.39 is 0 Å². The van der Waals surface area contributed by atoms with E-state index >= 15 is 0 Å². The summed E-state index contributed by atoms with van der Waals surface area (Å²) in [5, 5.41) is 4.48. The number of nitrogens with one attached hydrogen (secondary N) is 1. The van der Waals surface area contributed by atoms with Crippen LogP contribution in [0.1, 0.15) is 51.5 Å². The van der Waals surface area contributed by atoms with Crippen molar-refractivity contribution < 1.29 is 0 Å². The van der Waals surface area contributed by atoms with Crippen LogP contribution in [0.5, 0.6) is 0 Å². The molecule has 0 bridgehead atoms. The van der Waals surface area contributed by atoms with E-state index in [-0.39, 0.29) is 0 Å². The Bertz CT molecular complexity index is 352. The lowest BCUT2D eigenvalue weighted by atomic mass is 10.0. The van der Waals surface area contributed by atoms with Gasteiger partial charge in [-0.2, -0.15) is 0 Å². The van der Waals surface area contributed by atoms with E-state index in [0.717, 1.165) is 11.3 Å². The van der Waals surface area contributed by atoms with Gasteiger partial charge in [-0.1, -0.05) is 38.5 Å². The van der Waals surface area contributed by atoms with Crippen LogP contribution in [-0.2, 0) is 6.42 Å². The maximum absolute atomic E-state index is 3.65. The van der Waals surface area contributed by atoms with Crippen molar-refractivity contribution in [1.29, 1.82) is 0 Å². The molecule has 1 heterocycles. The Morgan fingerprint density at radius 2 is 2.16 bits per heavy atom. The van der Waals surface area contributed by atoms with Crippen molar-refractivity contribution in [2.24, 2.45) is 0 Å². The summed E-state index contributed by atoms with van der Waals surface area (Å²) in [6.45, 7) is 5.71. The number of rotatable bonds is 8. The third-order valence-electron chi connectivity index (χ3n) is 3.97. The summed E-state index contributed by atoms with van der Waals surface area (Å²) in [7, 11) is 0. The lowest BCUT2D eigenvalue weighted by Gasteiger charge is -2.17. The topological polar surface area (TPSA) is 12.0 Å². The molecule has 1 aliphatic rings. The van der Waals surface area contributed by atoms with E-state index in [2.05, 4.69) is 55.2 Å². The maximum Gasteiger partial charge on any atom is 0.0135 e. The fraction of sp³-hybridized carbons (Fsp3) is 0.647. The summed E-state index contributed by atoms with van der Waals surface area (Å²) >= 11 is 2.09. The molecule has 1 aliphatic heterocycles. The molecule has 2 rings (SSSR count). The molecule has 2 atom stereocenters. The molecule has 1 aromatic carbocycles. The highest BCUT2D eigenvalue weighted by atomic mass is 32.2. The van der Waals surface area contributed by atoms with Gasteiger partial charge in [0, 0.05) is 16.2 Å². The van der Waals surface area contributed by atoms with Crippen LogP contribution >= 0.6 is 11.8 Å². The van der Waals surface area contributed by atoms with E-state index in [1.165, 1.54) is 50.0 Å². The van der Waals surface area contributed by atoms with E-state index in [0.29, 0.717) is 0 Å².